The van der Waals surface area contributed by atoms with Crippen LogP contribution in [0, 0.1) is 23.2 Å². The number of halogens is 1. The smallest absolute Gasteiger partial charge is 0.410 e. The Hall–Kier alpha value is -4.77. The first-order valence-corrected chi connectivity index (χ1v) is 25.6. The van der Waals surface area contributed by atoms with Crippen LogP contribution in [-0.4, -0.2) is 108 Å². The fourth-order valence-corrected chi connectivity index (χ4v) is 17.3. The second-order valence-electron chi connectivity index (χ2n) is 21.1. The molecule has 0 N–H and O–H groups in total. The van der Waals surface area contributed by atoms with Crippen LogP contribution in [-0.2, 0) is 9.47 Å². The molecule has 4 aliphatic heterocycles. The number of hydrogen-bond donors (Lipinski definition) is 0. The Morgan fingerprint density at radius 3 is 2.42 bits per heavy atom. The zero-order valence-corrected chi connectivity index (χ0v) is 40.4. The van der Waals surface area contributed by atoms with E-state index < -0.39 is 19.5 Å². The Balaban J connectivity index is 1.18. The molecular formula is C51H65FN6O5Si. The predicted octanol–water partition coefficient (Wildman–Crippen LogP) is 10.3. The third kappa shape index (κ3) is 7.81. The lowest BCUT2D eigenvalue weighted by atomic mass is 9.92. The van der Waals surface area contributed by atoms with Crippen molar-refractivity contribution in [3.05, 3.63) is 60.1 Å². The topological polar surface area (TPSA) is 102 Å². The average molecular weight is 889 g/mol. The number of methoxy groups -OCH3 is 1. The van der Waals surface area contributed by atoms with Crippen molar-refractivity contribution in [3.8, 4) is 34.5 Å². The summed E-state index contributed by atoms with van der Waals surface area (Å²) in [6.45, 7) is 26.2. The van der Waals surface area contributed by atoms with Crippen molar-refractivity contribution in [2.45, 2.75) is 140 Å². The van der Waals surface area contributed by atoms with E-state index in [1.54, 1.807) is 13.3 Å². The lowest BCUT2D eigenvalue weighted by Gasteiger charge is -2.42. The molecule has 6 heterocycles. The summed E-state index contributed by atoms with van der Waals surface area (Å²) in [5.41, 5.74) is 7.29. The van der Waals surface area contributed by atoms with Crippen LogP contribution >= 0.6 is 0 Å². The summed E-state index contributed by atoms with van der Waals surface area (Å²) in [6, 6.07) is 10.3. The number of pyridine rings is 1. The SMILES string of the molecule is C=C1CN2[C@@H]3C[C@@H]3CC2(COc2nc(N3C[C@H]4CC[C@@H](C3)N4C(=O)OC(C)(C)C)c3cnc(-c4cc(OCOC)cc5cccc(C#C[Si](C(C)C)(C(C)C)C(C)C)c45)c(F)c3n2)C1. The summed E-state index contributed by atoms with van der Waals surface area (Å²) in [5.74, 6) is 4.83. The number of hydrogen-bond acceptors (Lipinski definition) is 10. The van der Waals surface area contributed by atoms with Gasteiger partial charge in [-0.05, 0) is 99.0 Å². The maximum absolute atomic E-state index is 18.0. The van der Waals surface area contributed by atoms with E-state index in [1.807, 2.05) is 56.0 Å². The van der Waals surface area contributed by atoms with E-state index in [9.17, 15) is 4.79 Å². The standard InChI is InChI=1S/C51H65FN6O5Si/c1-30(2)64(31(3)4,32(5)6)18-17-34-13-12-14-35-19-39(62-29-60-11)21-40(43(34)35)45-44(52)46-41(24-53-45)47(56-26-37-15-16-38(27-56)58(37)49(59)63-50(8,9)10)55-48(54-46)61-28-51-22-33(7)25-57(51)42-20-36(42)23-51/h12-14,19,21,24,30-32,36-38,42H,7,15-16,20,22-23,25-29H2,1-6,8-11H3/t36-,37-,38+,42-,51?/m1/s1. The lowest BCUT2D eigenvalue weighted by molar-refractivity contribution is 0.0122. The molecule has 2 aromatic carbocycles. The van der Waals surface area contributed by atoms with Gasteiger partial charge in [-0.3, -0.25) is 14.8 Å². The minimum Gasteiger partial charge on any atom is -0.468 e. The summed E-state index contributed by atoms with van der Waals surface area (Å²) in [5, 5.41) is 2.13. The largest absolute Gasteiger partial charge is 0.468 e. The monoisotopic (exact) mass is 888 g/mol. The maximum atomic E-state index is 18.0. The minimum atomic E-state index is -2.12. The minimum absolute atomic E-state index is 0.0254. The number of carbonyl (C=O) groups is 1. The van der Waals surface area contributed by atoms with Crippen molar-refractivity contribution >= 4 is 41.7 Å². The van der Waals surface area contributed by atoms with E-state index in [2.05, 4.69) is 69.4 Å². The van der Waals surface area contributed by atoms with Crippen molar-refractivity contribution in [3.63, 3.8) is 0 Å². The van der Waals surface area contributed by atoms with Gasteiger partial charge in [0.2, 0.25) is 0 Å². The summed E-state index contributed by atoms with van der Waals surface area (Å²) >= 11 is 0. The molecule has 5 atom stereocenters. The third-order valence-electron chi connectivity index (χ3n) is 14.8. The molecule has 13 heteroatoms. The first-order chi connectivity index (χ1) is 30.4. The summed E-state index contributed by atoms with van der Waals surface area (Å²) in [4.78, 5) is 35.0. The molecule has 340 valence electrons. The van der Waals surface area contributed by atoms with E-state index in [1.165, 1.54) is 12.0 Å². The third-order valence-corrected chi connectivity index (χ3v) is 21.1. The molecule has 1 unspecified atom stereocenters. The van der Waals surface area contributed by atoms with Gasteiger partial charge in [-0.15, -0.1) is 5.54 Å². The number of ether oxygens (including phenoxy) is 4. The average Bonchev–Trinajstić information content (AvgIpc) is 3.69. The van der Waals surface area contributed by atoms with Gasteiger partial charge >= 0.3 is 12.1 Å². The number of nitrogens with zero attached hydrogens (tertiary/aromatic N) is 6. The first kappa shape index (κ1) is 44.4. The lowest BCUT2D eigenvalue weighted by Crippen LogP contribution is -2.57. The Morgan fingerprint density at radius 1 is 1.03 bits per heavy atom. The van der Waals surface area contributed by atoms with Gasteiger partial charge in [0.05, 0.1) is 23.0 Å². The van der Waals surface area contributed by atoms with Crippen molar-refractivity contribution < 1.29 is 28.1 Å². The Morgan fingerprint density at radius 2 is 1.75 bits per heavy atom. The number of anilines is 1. The van der Waals surface area contributed by atoms with Gasteiger partial charge < -0.3 is 23.8 Å². The fraction of sp³-hybridized carbons (Fsp3) is 0.569. The summed E-state index contributed by atoms with van der Waals surface area (Å²) in [6.07, 6.45) is 6.20. The number of piperazine rings is 1. The normalized spacial score (nSPS) is 24.2. The Bertz CT molecular complexity index is 2530. The van der Waals surface area contributed by atoms with Gasteiger partial charge in [-0.25, -0.2) is 9.18 Å². The Kier molecular flexibility index (Phi) is 11.5. The molecule has 1 amide bonds. The number of piperidine rings is 1. The number of benzene rings is 2. The molecule has 9 rings (SSSR count). The van der Waals surface area contributed by atoms with Crippen molar-refractivity contribution in [2.75, 3.05) is 45.0 Å². The van der Waals surface area contributed by atoms with Crippen LogP contribution in [0.3, 0.4) is 0 Å². The number of rotatable bonds is 11. The van der Waals surface area contributed by atoms with E-state index in [4.69, 9.17) is 33.9 Å². The van der Waals surface area contributed by atoms with Gasteiger partial charge in [-0.1, -0.05) is 71.7 Å². The van der Waals surface area contributed by atoms with Crippen LogP contribution in [0.1, 0.15) is 100.0 Å². The van der Waals surface area contributed by atoms with Crippen LogP contribution in [0.25, 0.3) is 32.9 Å². The zero-order chi connectivity index (χ0) is 45.5. The highest BCUT2D eigenvalue weighted by molar-refractivity contribution is 6.90. The number of carbonyl (C=O) groups excluding carboxylic acids is 1. The molecule has 5 fully saturated rings. The van der Waals surface area contributed by atoms with E-state index in [-0.39, 0.29) is 47.7 Å². The van der Waals surface area contributed by atoms with Gasteiger partial charge in [-0.2, -0.15) is 9.97 Å². The van der Waals surface area contributed by atoms with E-state index in [0.29, 0.717) is 70.8 Å². The van der Waals surface area contributed by atoms with Gasteiger partial charge in [0.1, 0.15) is 43.1 Å². The Labute approximate surface area is 379 Å². The molecule has 1 aliphatic carbocycles. The number of amides is 1. The fourth-order valence-electron chi connectivity index (χ4n) is 12.1. The molecule has 5 aliphatic rings. The maximum Gasteiger partial charge on any atom is 0.410 e. The highest BCUT2D eigenvalue weighted by Crippen LogP contribution is 2.57. The summed E-state index contributed by atoms with van der Waals surface area (Å²) in [7, 11) is -0.549. The van der Waals surface area contributed by atoms with Gasteiger partial charge in [0.15, 0.2) is 12.6 Å². The van der Waals surface area contributed by atoms with Crippen LogP contribution in [0.15, 0.2) is 48.7 Å². The molecule has 0 radical (unpaired) electrons. The molecule has 64 heavy (non-hydrogen) atoms. The van der Waals surface area contributed by atoms with Crippen molar-refractivity contribution in [1.29, 1.82) is 0 Å². The second-order valence-corrected chi connectivity index (χ2v) is 26.7. The van der Waals surface area contributed by atoms with Crippen LogP contribution in [0.2, 0.25) is 16.6 Å². The van der Waals surface area contributed by atoms with E-state index >= 15 is 4.39 Å². The van der Waals surface area contributed by atoms with Crippen LogP contribution < -0.4 is 14.4 Å². The molecule has 1 saturated carbocycles. The second kappa shape index (κ2) is 16.6. The van der Waals surface area contributed by atoms with Crippen molar-refractivity contribution in [1.82, 2.24) is 24.8 Å². The van der Waals surface area contributed by atoms with Gasteiger partial charge in [0.25, 0.3) is 0 Å². The van der Waals surface area contributed by atoms with Crippen LogP contribution in [0.4, 0.5) is 15.0 Å². The molecule has 11 nitrogen and oxygen atoms in total. The first-order valence-electron chi connectivity index (χ1n) is 23.3. The highest BCUT2D eigenvalue weighted by atomic mass is 28.3. The molecular weight excluding hydrogens is 824 g/mol. The number of fused-ring (bicyclic) bond motifs is 7. The van der Waals surface area contributed by atoms with Crippen molar-refractivity contribution in [2.24, 2.45) is 5.92 Å². The zero-order valence-electron chi connectivity index (χ0n) is 39.4. The van der Waals surface area contributed by atoms with E-state index in [0.717, 1.165) is 48.6 Å². The molecule has 2 aromatic heterocycles. The number of aromatic nitrogens is 3. The summed E-state index contributed by atoms with van der Waals surface area (Å²) < 4.78 is 41.8. The molecule has 4 saturated heterocycles. The molecule has 2 bridgehead atoms. The highest BCUT2D eigenvalue weighted by Gasteiger charge is 2.62. The quantitative estimate of drug-likeness (QED) is 0.0626. The predicted molar refractivity (Wildman–Crippen MR) is 253 cm³/mol. The van der Waals surface area contributed by atoms with Crippen LogP contribution in [0.5, 0.6) is 11.8 Å². The van der Waals surface area contributed by atoms with Gasteiger partial charge in [0, 0.05) is 55.5 Å². The molecule has 4 aromatic rings. The molecule has 0 spiro atoms.